The molecule has 2 heterocycles. The summed E-state index contributed by atoms with van der Waals surface area (Å²) >= 11 is 3.40. The molecule has 2 N–H and O–H groups in total. The van der Waals surface area contributed by atoms with E-state index in [1.54, 1.807) is 42.5 Å². The van der Waals surface area contributed by atoms with Gasteiger partial charge in [0.1, 0.15) is 11.3 Å². The topological polar surface area (TPSA) is 91.0 Å². The Morgan fingerprint density at radius 3 is 2.55 bits per heavy atom. The molecule has 3 aromatic carbocycles. The van der Waals surface area contributed by atoms with Gasteiger partial charge < -0.3 is 14.6 Å². The molecule has 33 heavy (non-hydrogen) atoms. The van der Waals surface area contributed by atoms with Gasteiger partial charge in [0, 0.05) is 15.5 Å². The van der Waals surface area contributed by atoms with E-state index in [2.05, 4.69) is 15.9 Å². The fraction of sp³-hybridized carbons (Fsp3) is 0.0769. The van der Waals surface area contributed by atoms with E-state index in [4.69, 9.17) is 4.42 Å². The molecule has 6 nitrogen and oxygen atoms in total. The van der Waals surface area contributed by atoms with E-state index >= 15 is 0 Å². The molecule has 0 saturated carbocycles. The number of rotatable bonds is 4. The zero-order chi connectivity index (χ0) is 23.3. The van der Waals surface area contributed by atoms with Crippen LogP contribution in [-0.2, 0) is 4.79 Å². The van der Waals surface area contributed by atoms with E-state index in [9.17, 15) is 19.8 Å². The predicted octanol–water partition coefficient (Wildman–Crippen LogP) is 5.99. The van der Waals surface area contributed by atoms with Gasteiger partial charge in [-0.05, 0) is 60.5 Å². The summed E-state index contributed by atoms with van der Waals surface area (Å²) in [5.74, 6) is -1.94. The van der Waals surface area contributed by atoms with Gasteiger partial charge in [0.25, 0.3) is 5.91 Å². The molecule has 1 aliphatic heterocycles. The molecule has 7 heteroatoms. The highest BCUT2D eigenvalue weighted by molar-refractivity contribution is 9.10. The Morgan fingerprint density at radius 1 is 1.00 bits per heavy atom. The molecule has 0 fully saturated rings. The summed E-state index contributed by atoms with van der Waals surface area (Å²) in [5.41, 5.74) is 2.24. The maximum Gasteiger partial charge on any atom is 0.294 e. The normalized spacial score (nSPS) is 16.1. The predicted molar refractivity (Wildman–Crippen MR) is 127 cm³/mol. The van der Waals surface area contributed by atoms with Gasteiger partial charge in [0.15, 0.2) is 11.5 Å². The maximum absolute atomic E-state index is 13.6. The fourth-order valence-corrected chi connectivity index (χ4v) is 4.57. The summed E-state index contributed by atoms with van der Waals surface area (Å²) in [4.78, 5) is 28.3. The van der Waals surface area contributed by atoms with Crippen LogP contribution in [0.2, 0.25) is 0 Å². The second-order valence-corrected chi connectivity index (χ2v) is 8.76. The SMILES string of the molecule is Cc1ccccc1N1C(=O)C(O)=C(C(=O)c2cc3cc(Br)ccc3o2)C1c1cccc(O)c1. The number of aliphatic hydroxyl groups excluding tert-OH is 1. The summed E-state index contributed by atoms with van der Waals surface area (Å²) in [6, 6.07) is 19.5. The molecular formula is C26H18BrNO5. The number of halogens is 1. The van der Waals surface area contributed by atoms with Crippen LogP contribution in [0.15, 0.2) is 93.0 Å². The van der Waals surface area contributed by atoms with Gasteiger partial charge in [-0.25, -0.2) is 0 Å². The van der Waals surface area contributed by atoms with Gasteiger partial charge in [-0.15, -0.1) is 0 Å². The van der Waals surface area contributed by atoms with Crippen molar-refractivity contribution in [1.82, 2.24) is 0 Å². The molecular weight excluding hydrogens is 486 g/mol. The quantitative estimate of drug-likeness (QED) is 0.333. The van der Waals surface area contributed by atoms with E-state index in [1.807, 2.05) is 25.1 Å². The number of fused-ring (bicyclic) bond motifs is 1. The second kappa shape index (κ2) is 7.94. The lowest BCUT2D eigenvalue weighted by atomic mass is 9.94. The number of nitrogens with zero attached hydrogens (tertiary/aromatic N) is 1. The molecule has 0 spiro atoms. The maximum atomic E-state index is 13.6. The highest BCUT2D eigenvalue weighted by Crippen LogP contribution is 2.43. The van der Waals surface area contributed by atoms with Crippen molar-refractivity contribution in [2.24, 2.45) is 0 Å². The average Bonchev–Trinajstić information content (AvgIpc) is 3.32. The number of hydrogen-bond acceptors (Lipinski definition) is 5. The third-order valence-corrected chi connectivity index (χ3v) is 6.21. The van der Waals surface area contributed by atoms with Crippen molar-refractivity contribution in [2.45, 2.75) is 13.0 Å². The number of aromatic hydroxyl groups is 1. The van der Waals surface area contributed by atoms with Crippen LogP contribution in [-0.4, -0.2) is 21.9 Å². The van der Waals surface area contributed by atoms with E-state index in [1.165, 1.54) is 17.0 Å². The number of benzene rings is 3. The Bertz CT molecular complexity index is 1470. The zero-order valence-electron chi connectivity index (χ0n) is 17.4. The Kier molecular flexibility index (Phi) is 5.06. The highest BCUT2D eigenvalue weighted by Gasteiger charge is 2.45. The molecule has 0 radical (unpaired) electrons. The van der Waals surface area contributed by atoms with Crippen LogP contribution in [0, 0.1) is 6.92 Å². The molecule has 5 rings (SSSR count). The van der Waals surface area contributed by atoms with Crippen molar-refractivity contribution >= 4 is 44.3 Å². The van der Waals surface area contributed by atoms with E-state index in [0.29, 0.717) is 22.2 Å². The van der Waals surface area contributed by atoms with Crippen LogP contribution >= 0.6 is 15.9 Å². The number of carbonyl (C=O) groups is 2. The van der Waals surface area contributed by atoms with Crippen molar-refractivity contribution in [3.63, 3.8) is 0 Å². The first-order valence-electron chi connectivity index (χ1n) is 10.2. The largest absolute Gasteiger partial charge is 0.508 e. The minimum Gasteiger partial charge on any atom is -0.508 e. The molecule has 164 valence electrons. The number of aryl methyl sites for hydroxylation is 1. The third-order valence-electron chi connectivity index (χ3n) is 5.72. The summed E-state index contributed by atoms with van der Waals surface area (Å²) in [6.07, 6.45) is 0. The standard InChI is InChI=1S/C26H18BrNO5/c1-14-5-2-3-8-19(14)28-23(15-6-4-7-18(29)12-15)22(25(31)26(28)32)24(30)21-13-16-11-17(27)9-10-20(16)33-21/h2-13,23,29,31H,1H3. The van der Waals surface area contributed by atoms with Crippen LogP contribution in [0.3, 0.4) is 0 Å². The third kappa shape index (κ3) is 3.50. The average molecular weight is 504 g/mol. The van der Waals surface area contributed by atoms with Gasteiger partial charge in [-0.2, -0.15) is 0 Å². The Hall–Kier alpha value is -3.84. The minimum atomic E-state index is -0.946. The van der Waals surface area contributed by atoms with Crippen LogP contribution in [0.5, 0.6) is 5.75 Å². The van der Waals surface area contributed by atoms with Gasteiger partial charge in [-0.1, -0.05) is 46.3 Å². The Morgan fingerprint density at radius 2 is 1.79 bits per heavy atom. The monoisotopic (exact) mass is 503 g/mol. The lowest BCUT2D eigenvalue weighted by molar-refractivity contribution is -0.117. The molecule has 0 bridgehead atoms. The van der Waals surface area contributed by atoms with E-state index < -0.39 is 23.5 Å². The second-order valence-electron chi connectivity index (χ2n) is 7.84. The number of furan rings is 1. The lowest BCUT2D eigenvalue weighted by Crippen LogP contribution is -2.31. The molecule has 1 unspecified atom stereocenters. The fourth-order valence-electron chi connectivity index (χ4n) is 4.19. The smallest absolute Gasteiger partial charge is 0.294 e. The molecule has 1 aromatic heterocycles. The van der Waals surface area contributed by atoms with Crippen LogP contribution < -0.4 is 4.90 Å². The number of ketones is 1. The van der Waals surface area contributed by atoms with Crippen LogP contribution in [0.25, 0.3) is 11.0 Å². The summed E-state index contributed by atoms with van der Waals surface area (Å²) in [7, 11) is 0. The summed E-state index contributed by atoms with van der Waals surface area (Å²) in [6.45, 7) is 1.84. The van der Waals surface area contributed by atoms with Crippen molar-refractivity contribution in [1.29, 1.82) is 0 Å². The van der Waals surface area contributed by atoms with Crippen molar-refractivity contribution in [2.75, 3.05) is 4.90 Å². The molecule has 0 saturated heterocycles. The van der Waals surface area contributed by atoms with Crippen molar-refractivity contribution in [3.8, 4) is 5.75 Å². The van der Waals surface area contributed by atoms with Crippen LogP contribution in [0.4, 0.5) is 5.69 Å². The summed E-state index contributed by atoms with van der Waals surface area (Å²) in [5, 5.41) is 21.7. The Balaban J connectivity index is 1.68. The molecule has 4 aromatic rings. The molecule has 1 aliphatic rings. The first kappa shape index (κ1) is 21.0. The van der Waals surface area contributed by atoms with Gasteiger partial charge >= 0.3 is 0 Å². The lowest BCUT2D eigenvalue weighted by Gasteiger charge is -2.28. The molecule has 1 atom stereocenters. The first-order chi connectivity index (χ1) is 15.8. The minimum absolute atomic E-state index is 0.00855. The summed E-state index contributed by atoms with van der Waals surface area (Å²) < 4.78 is 6.59. The first-order valence-corrected chi connectivity index (χ1v) is 11.0. The van der Waals surface area contributed by atoms with Crippen molar-refractivity contribution < 1.29 is 24.2 Å². The van der Waals surface area contributed by atoms with Crippen molar-refractivity contribution in [3.05, 3.63) is 105 Å². The van der Waals surface area contributed by atoms with E-state index in [-0.39, 0.29) is 17.1 Å². The number of hydrogen-bond donors (Lipinski definition) is 2. The number of phenols is 1. The van der Waals surface area contributed by atoms with Crippen LogP contribution in [0.1, 0.15) is 27.7 Å². The highest BCUT2D eigenvalue weighted by atomic mass is 79.9. The molecule has 1 amide bonds. The number of para-hydroxylation sites is 1. The number of phenolic OH excluding ortho intramolecular Hbond substituents is 1. The number of carbonyl (C=O) groups excluding carboxylic acids is 2. The van der Waals surface area contributed by atoms with Gasteiger partial charge in [0.05, 0.1) is 11.6 Å². The number of amides is 1. The zero-order valence-corrected chi connectivity index (χ0v) is 19.0. The number of Topliss-reactive ketones (excluding diaryl/α,β-unsaturated/α-hetero) is 1. The van der Waals surface area contributed by atoms with Gasteiger partial charge in [-0.3, -0.25) is 14.5 Å². The molecule has 0 aliphatic carbocycles. The van der Waals surface area contributed by atoms with E-state index in [0.717, 1.165) is 10.0 Å². The van der Waals surface area contributed by atoms with Gasteiger partial charge in [0.2, 0.25) is 5.78 Å². The number of anilines is 1. The number of aliphatic hydroxyl groups is 1. The Labute approximate surface area is 197 Å².